The fourth-order valence-electron chi connectivity index (χ4n) is 2.21. The van der Waals surface area contributed by atoms with Gasteiger partial charge in [0.05, 0.1) is 12.0 Å². The normalized spacial score (nSPS) is 15.5. The van der Waals surface area contributed by atoms with Crippen LogP contribution in [0.2, 0.25) is 0 Å². The van der Waals surface area contributed by atoms with Crippen LogP contribution in [0.1, 0.15) is 45.0 Å². The van der Waals surface area contributed by atoms with E-state index < -0.39 is 0 Å². The van der Waals surface area contributed by atoms with Gasteiger partial charge in [0.25, 0.3) is 0 Å². The topological polar surface area (TPSA) is 47.1 Å². The van der Waals surface area contributed by atoms with Gasteiger partial charge in [-0.2, -0.15) is 0 Å². The number of rotatable bonds is 6. The third kappa shape index (κ3) is 4.13. The van der Waals surface area contributed by atoms with Crippen LogP contribution < -0.4 is 5.73 Å². The molecule has 0 aliphatic rings. The van der Waals surface area contributed by atoms with Gasteiger partial charge in [0.2, 0.25) is 0 Å². The van der Waals surface area contributed by atoms with Crippen LogP contribution in [0.5, 0.6) is 0 Å². The average Bonchev–Trinajstić information content (AvgIpc) is 2.62. The summed E-state index contributed by atoms with van der Waals surface area (Å²) in [5.74, 6) is 0.670. The lowest BCUT2D eigenvalue weighted by molar-refractivity contribution is 0.283. The van der Waals surface area contributed by atoms with E-state index >= 15 is 0 Å². The molecule has 1 rings (SSSR count). The molecule has 2 N–H and O–H groups in total. The second-order valence-electron chi connectivity index (χ2n) is 5.56. The van der Waals surface area contributed by atoms with Gasteiger partial charge >= 0.3 is 0 Å². The summed E-state index contributed by atoms with van der Waals surface area (Å²) in [6.07, 6.45) is 4.94. The van der Waals surface area contributed by atoms with E-state index in [0.29, 0.717) is 12.0 Å². The minimum atomic E-state index is 0.0364. The standard InChI is InChI=1S/C13H26N4/c1-10(2)6-12(8-16(4)5)17-9-15-7-13(17)11(3)14/h7,9-12H,6,8,14H2,1-5H3/t11-,12?/m1/s1. The largest absolute Gasteiger partial charge is 0.329 e. The summed E-state index contributed by atoms with van der Waals surface area (Å²) in [6, 6.07) is 0.489. The maximum Gasteiger partial charge on any atom is 0.0951 e. The fraction of sp³-hybridized carbons (Fsp3) is 0.769. The number of imidazole rings is 1. The van der Waals surface area contributed by atoms with Gasteiger partial charge in [-0.3, -0.25) is 0 Å². The Morgan fingerprint density at radius 2 is 2.00 bits per heavy atom. The van der Waals surface area contributed by atoms with Crippen molar-refractivity contribution in [2.45, 2.75) is 39.3 Å². The van der Waals surface area contributed by atoms with Gasteiger partial charge in [-0.1, -0.05) is 13.8 Å². The van der Waals surface area contributed by atoms with E-state index in [0.717, 1.165) is 18.7 Å². The first kappa shape index (κ1) is 14.2. The van der Waals surface area contributed by atoms with Crippen molar-refractivity contribution < 1.29 is 0 Å². The number of hydrogen-bond acceptors (Lipinski definition) is 3. The Balaban J connectivity index is 2.91. The Kier molecular flexibility index (Phi) is 5.15. The van der Waals surface area contributed by atoms with Gasteiger partial charge < -0.3 is 15.2 Å². The fourth-order valence-corrected chi connectivity index (χ4v) is 2.21. The van der Waals surface area contributed by atoms with Crippen LogP contribution in [0.15, 0.2) is 12.5 Å². The molecule has 17 heavy (non-hydrogen) atoms. The summed E-state index contributed by atoms with van der Waals surface area (Å²) in [5, 5.41) is 0. The molecule has 2 atom stereocenters. The molecule has 0 saturated heterocycles. The van der Waals surface area contributed by atoms with Crippen LogP contribution in [-0.4, -0.2) is 35.1 Å². The monoisotopic (exact) mass is 238 g/mol. The van der Waals surface area contributed by atoms with Gasteiger partial charge in [0.1, 0.15) is 0 Å². The molecule has 0 saturated carbocycles. The summed E-state index contributed by atoms with van der Waals surface area (Å²) >= 11 is 0. The summed E-state index contributed by atoms with van der Waals surface area (Å²) in [6.45, 7) is 7.54. The van der Waals surface area contributed by atoms with Crippen LogP contribution in [-0.2, 0) is 0 Å². The molecule has 0 amide bonds. The second-order valence-corrected chi connectivity index (χ2v) is 5.56. The number of aromatic nitrogens is 2. The first-order valence-electron chi connectivity index (χ1n) is 6.33. The van der Waals surface area contributed by atoms with E-state index in [9.17, 15) is 0 Å². The zero-order valence-electron chi connectivity index (χ0n) is 11.7. The summed E-state index contributed by atoms with van der Waals surface area (Å²) < 4.78 is 2.24. The Morgan fingerprint density at radius 3 is 2.47 bits per heavy atom. The maximum absolute atomic E-state index is 5.98. The predicted molar refractivity (Wildman–Crippen MR) is 71.9 cm³/mol. The molecule has 0 aromatic carbocycles. The molecule has 4 heteroatoms. The highest BCUT2D eigenvalue weighted by Crippen LogP contribution is 2.22. The average molecular weight is 238 g/mol. The van der Waals surface area contributed by atoms with Crippen LogP contribution in [0.3, 0.4) is 0 Å². The van der Waals surface area contributed by atoms with Crippen molar-refractivity contribution in [2.24, 2.45) is 11.7 Å². The van der Waals surface area contributed by atoms with Crippen LogP contribution in [0.4, 0.5) is 0 Å². The Labute approximate surface area is 105 Å². The van der Waals surface area contributed by atoms with E-state index in [1.54, 1.807) is 0 Å². The third-order valence-corrected chi connectivity index (χ3v) is 2.88. The molecule has 1 aromatic heterocycles. The Hall–Kier alpha value is -0.870. The van der Waals surface area contributed by atoms with Crippen LogP contribution >= 0.6 is 0 Å². The quantitative estimate of drug-likeness (QED) is 0.825. The van der Waals surface area contributed by atoms with Gasteiger partial charge in [-0.15, -0.1) is 0 Å². The van der Waals surface area contributed by atoms with E-state index in [4.69, 9.17) is 5.73 Å². The Morgan fingerprint density at radius 1 is 1.35 bits per heavy atom. The molecular weight excluding hydrogens is 212 g/mol. The number of likely N-dealkylation sites (N-methyl/N-ethyl adjacent to an activating group) is 1. The van der Waals surface area contributed by atoms with Crippen LogP contribution in [0.25, 0.3) is 0 Å². The molecule has 0 aliphatic heterocycles. The molecule has 1 heterocycles. The lowest BCUT2D eigenvalue weighted by Crippen LogP contribution is -2.27. The summed E-state index contributed by atoms with van der Waals surface area (Å²) in [4.78, 5) is 6.46. The molecular formula is C13H26N4. The number of hydrogen-bond donors (Lipinski definition) is 1. The van der Waals surface area contributed by atoms with E-state index in [2.05, 4.69) is 42.4 Å². The smallest absolute Gasteiger partial charge is 0.0951 e. The summed E-state index contributed by atoms with van der Waals surface area (Å²) in [7, 11) is 4.21. The molecule has 0 fully saturated rings. The maximum atomic E-state index is 5.98. The zero-order valence-corrected chi connectivity index (χ0v) is 11.7. The molecule has 1 aromatic rings. The van der Waals surface area contributed by atoms with E-state index in [1.165, 1.54) is 0 Å². The highest BCUT2D eigenvalue weighted by Gasteiger charge is 2.18. The SMILES string of the molecule is CC(C)CC(CN(C)C)n1cncc1[C@@H](C)N. The van der Waals surface area contributed by atoms with Crippen molar-refractivity contribution >= 4 is 0 Å². The van der Waals surface area contributed by atoms with Crippen molar-refractivity contribution in [1.29, 1.82) is 0 Å². The minimum Gasteiger partial charge on any atom is -0.329 e. The van der Waals surface area contributed by atoms with Crippen molar-refractivity contribution in [3.05, 3.63) is 18.2 Å². The lowest BCUT2D eigenvalue weighted by atomic mass is 10.0. The molecule has 0 aliphatic carbocycles. The number of nitrogens with two attached hydrogens (primary N) is 1. The Bertz CT molecular complexity index is 318. The molecule has 0 bridgehead atoms. The predicted octanol–water partition coefficient (Wildman–Crippen LogP) is 2.05. The van der Waals surface area contributed by atoms with E-state index in [-0.39, 0.29) is 6.04 Å². The third-order valence-electron chi connectivity index (χ3n) is 2.88. The molecule has 1 unspecified atom stereocenters. The van der Waals surface area contributed by atoms with Gasteiger partial charge in [-0.25, -0.2) is 4.98 Å². The summed E-state index contributed by atoms with van der Waals surface area (Å²) in [5.41, 5.74) is 7.11. The molecule has 98 valence electrons. The zero-order chi connectivity index (χ0) is 13.0. The van der Waals surface area contributed by atoms with Gasteiger partial charge in [-0.05, 0) is 33.4 Å². The van der Waals surface area contributed by atoms with Crippen molar-refractivity contribution in [3.63, 3.8) is 0 Å². The lowest BCUT2D eigenvalue weighted by Gasteiger charge is -2.26. The second kappa shape index (κ2) is 6.17. The molecule has 0 spiro atoms. The van der Waals surface area contributed by atoms with Gasteiger partial charge in [0, 0.05) is 24.8 Å². The number of nitrogens with zero attached hydrogens (tertiary/aromatic N) is 3. The highest BCUT2D eigenvalue weighted by atomic mass is 15.2. The van der Waals surface area contributed by atoms with Crippen molar-refractivity contribution in [3.8, 4) is 0 Å². The first-order chi connectivity index (χ1) is 7.91. The van der Waals surface area contributed by atoms with Crippen LogP contribution in [0, 0.1) is 5.92 Å². The minimum absolute atomic E-state index is 0.0364. The van der Waals surface area contributed by atoms with Gasteiger partial charge in [0.15, 0.2) is 0 Å². The highest BCUT2D eigenvalue weighted by molar-refractivity contribution is 5.05. The first-order valence-corrected chi connectivity index (χ1v) is 6.33. The van der Waals surface area contributed by atoms with E-state index in [1.807, 2.05) is 19.4 Å². The molecule has 4 nitrogen and oxygen atoms in total. The van der Waals surface area contributed by atoms with Crippen molar-refractivity contribution in [1.82, 2.24) is 14.5 Å². The molecule has 0 radical (unpaired) electrons. The van der Waals surface area contributed by atoms with Crippen molar-refractivity contribution in [2.75, 3.05) is 20.6 Å².